The second kappa shape index (κ2) is 7.23. The maximum absolute atomic E-state index is 11.3. The minimum absolute atomic E-state index is 0.0764. The Kier molecular flexibility index (Phi) is 5.32. The molecule has 1 heterocycles. The van der Waals surface area contributed by atoms with Gasteiger partial charge in [0.25, 0.3) is 0 Å². The van der Waals surface area contributed by atoms with Crippen LogP contribution in [0.5, 0.6) is 11.5 Å². The lowest BCUT2D eigenvalue weighted by Crippen LogP contribution is -2.13. The van der Waals surface area contributed by atoms with Gasteiger partial charge in [-0.3, -0.25) is 0 Å². The van der Waals surface area contributed by atoms with Gasteiger partial charge in [0, 0.05) is 17.1 Å². The number of thiazole rings is 1. The molecule has 2 aromatic carbocycles. The third-order valence-corrected chi connectivity index (χ3v) is 4.51. The normalized spacial score (nSPS) is 10.7. The number of para-hydroxylation sites is 2. The Morgan fingerprint density at radius 1 is 0.957 bits per heavy atom. The third kappa shape index (κ3) is 4.52. The molecule has 0 fully saturated rings. The molecule has 23 heavy (non-hydrogen) atoms. The van der Waals surface area contributed by atoms with Gasteiger partial charge in [-0.15, -0.1) is 11.3 Å². The standard InChI is InChI=1S/C9H8N2O2S2.C6H6O2/c10-15(12,13)8-4-2-1-3-7(8)9-11-5-6-14-9;7-5-3-1-2-4-6(5)8/h1-6H,(H2,10,12,13);1-4,7-8H. The van der Waals surface area contributed by atoms with Crippen molar-refractivity contribution in [1.29, 1.82) is 0 Å². The van der Waals surface area contributed by atoms with Crippen LogP contribution in [-0.4, -0.2) is 23.6 Å². The summed E-state index contributed by atoms with van der Waals surface area (Å²) in [6.45, 7) is 0. The average molecular weight is 350 g/mol. The zero-order valence-corrected chi connectivity index (χ0v) is 13.5. The van der Waals surface area contributed by atoms with E-state index in [1.54, 1.807) is 41.9 Å². The number of nitrogens with zero attached hydrogens (tertiary/aromatic N) is 1. The van der Waals surface area contributed by atoms with Gasteiger partial charge in [-0.25, -0.2) is 18.5 Å². The highest BCUT2D eigenvalue weighted by molar-refractivity contribution is 7.89. The second-order valence-electron chi connectivity index (χ2n) is 4.37. The van der Waals surface area contributed by atoms with Crippen molar-refractivity contribution in [3.05, 3.63) is 60.1 Å². The summed E-state index contributed by atoms with van der Waals surface area (Å²) in [5.74, 6) is -0.153. The zero-order valence-electron chi connectivity index (χ0n) is 11.8. The van der Waals surface area contributed by atoms with Crippen LogP contribution in [0.2, 0.25) is 0 Å². The van der Waals surface area contributed by atoms with E-state index < -0.39 is 10.0 Å². The van der Waals surface area contributed by atoms with Gasteiger partial charge >= 0.3 is 0 Å². The summed E-state index contributed by atoms with van der Waals surface area (Å²) in [5, 5.41) is 24.9. The molecule has 0 radical (unpaired) electrons. The van der Waals surface area contributed by atoms with Gasteiger partial charge in [0.15, 0.2) is 11.5 Å². The number of hydrogen-bond acceptors (Lipinski definition) is 6. The van der Waals surface area contributed by atoms with Crippen molar-refractivity contribution in [2.75, 3.05) is 0 Å². The number of rotatable bonds is 2. The minimum Gasteiger partial charge on any atom is -0.504 e. The summed E-state index contributed by atoms with van der Waals surface area (Å²) in [7, 11) is -3.69. The van der Waals surface area contributed by atoms with Gasteiger partial charge in [0.1, 0.15) is 5.01 Å². The van der Waals surface area contributed by atoms with E-state index in [4.69, 9.17) is 15.4 Å². The molecule has 0 unspecified atom stereocenters. The second-order valence-corrected chi connectivity index (χ2v) is 6.79. The lowest BCUT2D eigenvalue weighted by atomic mass is 10.2. The van der Waals surface area contributed by atoms with Gasteiger partial charge in [0.2, 0.25) is 10.0 Å². The van der Waals surface area contributed by atoms with E-state index in [9.17, 15) is 8.42 Å². The van der Waals surface area contributed by atoms with Crippen molar-refractivity contribution in [1.82, 2.24) is 4.98 Å². The first-order valence-electron chi connectivity index (χ1n) is 6.38. The predicted octanol–water partition coefficient (Wildman–Crippen LogP) is 2.56. The fourth-order valence-corrected chi connectivity index (χ4v) is 3.19. The Hall–Kier alpha value is -2.42. The van der Waals surface area contributed by atoms with E-state index in [1.807, 2.05) is 0 Å². The average Bonchev–Trinajstić information content (AvgIpc) is 3.04. The van der Waals surface area contributed by atoms with E-state index in [0.717, 1.165) is 0 Å². The van der Waals surface area contributed by atoms with E-state index in [2.05, 4.69) is 4.98 Å². The smallest absolute Gasteiger partial charge is 0.238 e. The quantitative estimate of drug-likeness (QED) is 0.615. The van der Waals surface area contributed by atoms with Crippen LogP contribution in [0.4, 0.5) is 0 Å². The number of aromatic nitrogens is 1. The molecule has 3 rings (SSSR count). The number of aromatic hydroxyl groups is 2. The summed E-state index contributed by atoms with van der Waals surface area (Å²) < 4.78 is 22.6. The van der Waals surface area contributed by atoms with E-state index in [-0.39, 0.29) is 16.4 Å². The first-order valence-corrected chi connectivity index (χ1v) is 8.81. The summed E-state index contributed by atoms with van der Waals surface area (Å²) in [6, 6.07) is 12.7. The molecule has 0 aliphatic carbocycles. The Labute approximate surface area is 137 Å². The van der Waals surface area contributed by atoms with Crippen LogP contribution in [0.15, 0.2) is 65.0 Å². The van der Waals surface area contributed by atoms with Crippen molar-refractivity contribution in [2.24, 2.45) is 5.14 Å². The number of phenolic OH excluding ortho intramolecular Hbond substituents is 2. The first kappa shape index (κ1) is 16.9. The van der Waals surface area contributed by atoms with Gasteiger partial charge in [-0.2, -0.15) is 0 Å². The maximum Gasteiger partial charge on any atom is 0.238 e. The molecule has 0 spiro atoms. The summed E-state index contributed by atoms with van der Waals surface area (Å²) in [6.07, 6.45) is 1.62. The van der Waals surface area contributed by atoms with Gasteiger partial charge in [0.05, 0.1) is 4.90 Å². The summed E-state index contributed by atoms with van der Waals surface area (Å²) >= 11 is 1.38. The van der Waals surface area contributed by atoms with Crippen LogP contribution in [0.1, 0.15) is 0 Å². The summed E-state index contributed by atoms with van der Waals surface area (Å²) in [4.78, 5) is 4.17. The Balaban J connectivity index is 0.000000203. The molecule has 0 bridgehead atoms. The Bertz CT molecular complexity index is 857. The number of phenols is 2. The van der Waals surface area contributed by atoms with Crippen molar-refractivity contribution >= 4 is 21.4 Å². The van der Waals surface area contributed by atoms with Crippen LogP contribution < -0.4 is 5.14 Å². The number of hydrogen-bond donors (Lipinski definition) is 3. The predicted molar refractivity (Wildman–Crippen MR) is 88.7 cm³/mol. The van der Waals surface area contributed by atoms with E-state index in [1.165, 1.54) is 29.5 Å². The topological polar surface area (TPSA) is 114 Å². The third-order valence-electron chi connectivity index (χ3n) is 2.74. The molecule has 1 aromatic heterocycles. The largest absolute Gasteiger partial charge is 0.504 e. The molecule has 0 saturated heterocycles. The molecule has 0 saturated carbocycles. The fraction of sp³-hybridized carbons (Fsp3) is 0. The number of primary sulfonamides is 1. The number of nitrogens with two attached hydrogens (primary N) is 1. The molecule has 0 aliphatic heterocycles. The van der Waals surface area contributed by atoms with Crippen LogP contribution in [0.3, 0.4) is 0 Å². The highest BCUT2D eigenvalue weighted by Crippen LogP contribution is 2.27. The van der Waals surface area contributed by atoms with Crippen LogP contribution in [-0.2, 0) is 10.0 Å². The Morgan fingerprint density at radius 2 is 1.52 bits per heavy atom. The molecule has 0 atom stereocenters. The highest BCUT2D eigenvalue weighted by Gasteiger charge is 2.15. The molecule has 120 valence electrons. The van der Waals surface area contributed by atoms with Crippen molar-refractivity contribution in [2.45, 2.75) is 4.90 Å². The summed E-state index contributed by atoms with van der Waals surface area (Å²) in [5.41, 5.74) is 0.551. The maximum atomic E-state index is 11.3. The van der Waals surface area contributed by atoms with Crippen molar-refractivity contribution in [3.63, 3.8) is 0 Å². The van der Waals surface area contributed by atoms with Gasteiger partial charge < -0.3 is 10.2 Å². The molecule has 6 nitrogen and oxygen atoms in total. The number of benzene rings is 2. The monoisotopic (exact) mass is 350 g/mol. The molecular weight excluding hydrogens is 336 g/mol. The van der Waals surface area contributed by atoms with Crippen LogP contribution in [0, 0.1) is 0 Å². The lowest BCUT2D eigenvalue weighted by molar-refractivity contribution is 0.404. The molecule has 0 aliphatic rings. The van der Waals surface area contributed by atoms with Gasteiger partial charge in [-0.1, -0.05) is 30.3 Å². The van der Waals surface area contributed by atoms with Crippen LogP contribution in [0.25, 0.3) is 10.6 Å². The lowest BCUT2D eigenvalue weighted by Gasteiger charge is -2.03. The molecule has 3 aromatic rings. The fourth-order valence-electron chi connectivity index (χ4n) is 1.71. The van der Waals surface area contributed by atoms with E-state index >= 15 is 0 Å². The van der Waals surface area contributed by atoms with Crippen molar-refractivity contribution < 1.29 is 18.6 Å². The van der Waals surface area contributed by atoms with Gasteiger partial charge in [-0.05, 0) is 18.2 Å². The number of sulfonamides is 1. The van der Waals surface area contributed by atoms with Crippen LogP contribution >= 0.6 is 11.3 Å². The zero-order chi connectivity index (χ0) is 16.9. The Morgan fingerprint density at radius 3 is 2.00 bits per heavy atom. The molecule has 0 amide bonds. The van der Waals surface area contributed by atoms with E-state index in [0.29, 0.717) is 10.6 Å². The van der Waals surface area contributed by atoms with Crippen molar-refractivity contribution in [3.8, 4) is 22.1 Å². The SMILES string of the molecule is NS(=O)(=O)c1ccccc1-c1nccs1.Oc1ccccc1O. The molecular formula is C15H14N2O4S2. The highest BCUT2D eigenvalue weighted by atomic mass is 32.2. The molecule has 4 N–H and O–H groups in total. The minimum atomic E-state index is -3.69. The molecule has 8 heteroatoms. The first-order chi connectivity index (χ1) is 10.9.